The van der Waals surface area contributed by atoms with Crippen LogP contribution in [0.3, 0.4) is 0 Å². The summed E-state index contributed by atoms with van der Waals surface area (Å²) in [5.74, 6) is -0.815. The zero-order chi connectivity index (χ0) is 39.4. The largest absolute Gasteiger partial charge is 0.497 e. The minimum atomic E-state index is -2.36. The van der Waals surface area contributed by atoms with Crippen molar-refractivity contribution < 1.29 is 42.2 Å². The Labute approximate surface area is 317 Å². The molecule has 1 aromatic carbocycles. The minimum Gasteiger partial charge on any atom is -0.497 e. The van der Waals surface area contributed by atoms with Crippen molar-refractivity contribution in [2.24, 2.45) is 17.8 Å². The van der Waals surface area contributed by atoms with Gasteiger partial charge >= 0.3 is 0 Å². The quantitative estimate of drug-likeness (QED) is 0.0632. The van der Waals surface area contributed by atoms with E-state index in [0.29, 0.717) is 19.8 Å². The fraction of sp³-hybridized carbons (Fsp3) is 0.775. The number of hydrogen-bond acceptors (Lipinski definition) is 9. The molecular formula is C40H71NO9Si2. The normalized spacial score (nSPS) is 25.6. The highest BCUT2D eigenvalue weighted by atomic mass is 28.4. The summed E-state index contributed by atoms with van der Waals surface area (Å²) in [6.45, 7) is 34.3. The van der Waals surface area contributed by atoms with Crippen molar-refractivity contribution in [3.8, 4) is 5.75 Å². The third kappa shape index (κ3) is 11.5. The van der Waals surface area contributed by atoms with Crippen LogP contribution in [0, 0.1) is 17.8 Å². The van der Waals surface area contributed by atoms with E-state index < -0.39 is 34.6 Å². The summed E-state index contributed by atoms with van der Waals surface area (Å²) < 4.78 is 46.0. The molecule has 0 radical (unpaired) electrons. The Bertz CT molecular complexity index is 1310. The molecule has 8 atom stereocenters. The summed E-state index contributed by atoms with van der Waals surface area (Å²) in [7, 11) is 0.184. The summed E-state index contributed by atoms with van der Waals surface area (Å²) in [6, 6.07) is 7.94. The summed E-state index contributed by atoms with van der Waals surface area (Å²) >= 11 is 0. The predicted octanol–water partition coefficient (Wildman–Crippen LogP) is 8.38. The SMILES string of the molecule is C=C[C@@H]1[C@H]([C@H](CO[Si](C)(C)C(C)(C)C)[C@H](O[Si](C)(C)C(C)(C)C)[C@H]2O[C@@H]2[C@@H](C)COCc2ccc(OC)cc2)OC(C)(C)O[C@@H]1CC(=O)N(C)OC. The smallest absolute Gasteiger partial charge is 0.248 e. The number of epoxide rings is 1. The number of hydroxylamine groups is 2. The van der Waals surface area contributed by atoms with Gasteiger partial charge in [-0.3, -0.25) is 9.63 Å². The Kier molecular flexibility index (Phi) is 15.0. The van der Waals surface area contributed by atoms with Gasteiger partial charge in [0.05, 0.1) is 58.3 Å². The molecule has 2 aliphatic heterocycles. The Balaban J connectivity index is 2.02. The van der Waals surface area contributed by atoms with Gasteiger partial charge in [0.2, 0.25) is 5.91 Å². The first-order valence-electron chi connectivity index (χ1n) is 18.8. The van der Waals surface area contributed by atoms with E-state index in [-0.39, 0.29) is 58.5 Å². The molecule has 2 saturated heterocycles. The first-order chi connectivity index (χ1) is 23.9. The maximum atomic E-state index is 13.2. The van der Waals surface area contributed by atoms with Crippen molar-refractivity contribution >= 4 is 22.5 Å². The molecule has 0 bridgehead atoms. The van der Waals surface area contributed by atoms with E-state index in [1.54, 1.807) is 14.2 Å². The second kappa shape index (κ2) is 17.5. The number of rotatable bonds is 18. The van der Waals surface area contributed by atoms with E-state index >= 15 is 0 Å². The number of benzene rings is 1. The average Bonchev–Trinajstić information content (AvgIpc) is 3.83. The van der Waals surface area contributed by atoms with Gasteiger partial charge in [-0.15, -0.1) is 6.58 Å². The highest BCUT2D eigenvalue weighted by Crippen LogP contribution is 2.48. The zero-order valence-corrected chi connectivity index (χ0v) is 37.2. The minimum absolute atomic E-state index is 0.00494. The summed E-state index contributed by atoms with van der Waals surface area (Å²) in [5, 5.41) is 1.18. The fourth-order valence-corrected chi connectivity index (χ4v) is 8.56. The molecule has 0 spiro atoms. The molecule has 298 valence electrons. The van der Waals surface area contributed by atoms with Crippen LogP contribution in [0.4, 0.5) is 0 Å². The van der Waals surface area contributed by atoms with E-state index in [1.165, 1.54) is 12.2 Å². The Morgan fingerprint density at radius 3 is 2.06 bits per heavy atom. The predicted molar refractivity (Wildman–Crippen MR) is 211 cm³/mol. The van der Waals surface area contributed by atoms with Crippen LogP contribution < -0.4 is 4.74 Å². The molecule has 3 rings (SSSR count). The van der Waals surface area contributed by atoms with E-state index in [9.17, 15) is 4.79 Å². The van der Waals surface area contributed by atoms with Crippen molar-refractivity contribution in [1.82, 2.24) is 5.06 Å². The molecule has 0 aromatic heterocycles. The van der Waals surface area contributed by atoms with Crippen LogP contribution in [0.2, 0.25) is 36.3 Å². The summed E-state index contributed by atoms with van der Waals surface area (Å²) in [4.78, 5) is 18.4. The van der Waals surface area contributed by atoms with Crippen LogP contribution in [0.15, 0.2) is 36.9 Å². The molecule has 52 heavy (non-hydrogen) atoms. The standard InChI is InChI=1S/C40H71NO9Si2/c1-18-30-32(23-33(42)41(11)44-13)48-40(9,10)49-35(30)31(26-46-51(14,15)38(3,4)5)36(50-52(16,17)39(6,7)8)37-34(47-37)27(2)24-45-25-28-19-21-29(43-12)22-20-28/h18-22,27,30-32,34-37H,1,23-26H2,2-17H3/t27-,30-,31-,32+,34+,35+,36-,37-/m0/s1. The lowest BCUT2D eigenvalue weighted by molar-refractivity contribution is -0.328. The molecule has 2 heterocycles. The molecule has 0 saturated carbocycles. The van der Waals surface area contributed by atoms with Gasteiger partial charge in [0.25, 0.3) is 0 Å². The van der Waals surface area contributed by atoms with E-state index in [0.717, 1.165) is 11.3 Å². The lowest BCUT2D eigenvalue weighted by atomic mass is 9.80. The molecule has 10 nitrogen and oxygen atoms in total. The van der Waals surface area contributed by atoms with Crippen LogP contribution in [0.5, 0.6) is 5.75 Å². The van der Waals surface area contributed by atoms with Gasteiger partial charge in [-0.05, 0) is 67.8 Å². The lowest BCUT2D eigenvalue weighted by Gasteiger charge is -2.51. The van der Waals surface area contributed by atoms with Gasteiger partial charge in [0.15, 0.2) is 22.4 Å². The Hall–Kier alpha value is -1.62. The third-order valence-corrected chi connectivity index (χ3v) is 20.7. The molecule has 0 unspecified atom stereocenters. The van der Waals surface area contributed by atoms with Crippen molar-refractivity contribution in [2.45, 2.75) is 148 Å². The van der Waals surface area contributed by atoms with Crippen LogP contribution in [0.25, 0.3) is 0 Å². The molecule has 0 N–H and O–H groups in total. The van der Waals surface area contributed by atoms with Crippen molar-refractivity contribution in [3.63, 3.8) is 0 Å². The second-order valence-electron chi connectivity index (χ2n) is 18.2. The van der Waals surface area contributed by atoms with E-state index in [4.69, 9.17) is 37.4 Å². The van der Waals surface area contributed by atoms with Crippen LogP contribution in [-0.2, 0) is 44.0 Å². The van der Waals surface area contributed by atoms with Crippen molar-refractivity contribution in [2.75, 3.05) is 34.5 Å². The summed E-state index contributed by atoms with van der Waals surface area (Å²) in [5.41, 5.74) is 1.09. The molecule has 12 heteroatoms. The average molecular weight is 766 g/mol. The van der Waals surface area contributed by atoms with Gasteiger partial charge in [0.1, 0.15) is 11.9 Å². The third-order valence-electron chi connectivity index (χ3n) is 11.7. The number of methoxy groups -OCH3 is 1. The number of carbonyl (C=O) groups is 1. The topological polar surface area (TPSA) is 97.5 Å². The number of amides is 1. The van der Waals surface area contributed by atoms with Crippen molar-refractivity contribution in [1.29, 1.82) is 0 Å². The maximum Gasteiger partial charge on any atom is 0.248 e. The van der Waals surface area contributed by atoms with Gasteiger partial charge in [0, 0.05) is 31.4 Å². The zero-order valence-electron chi connectivity index (χ0n) is 35.2. The first-order valence-corrected chi connectivity index (χ1v) is 24.7. The highest BCUT2D eigenvalue weighted by molar-refractivity contribution is 6.74. The monoisotopic (exact) mass is 765 g/mol. The second-order valence-corrected chi connectivity index (χ2v) is 27.8. The fourth-order valence-electron chi connectivity index (χ4n) is 6.18. The first kappa shape index (κ1) is 44.8. The Morgan fingerprint density at radius 2 is 1.54 bits per heavy atom. The van der Waals surface area contributed by atoms with Crippen LogP contribution in [0.1, 0.15) is 74.3 Å². The van der Waals surface area contributed by atoms with Gasteiger partial charge in [-0.1, -0.05) is 66.7 Å². The molecule has 0 aliphatic carbocycles. The van der Waals surface area contributed by atoms with Gasteiger partial charge in [-0.2, -0.15) is 0 Å². The molecule has 1 amide bonds. The highest BCUT2D eigenvalue weighted by Gasteiger charge is 2.58. The molecule has 2 aliphatic rings. The van der Waals surface area contributed by atoms with Crippen LogP contribution in [-0.4, -0.2) is 98.4 Å². The molecular weight excluding hydrogens is 695 g/mol. The number of nitrogens with zero attached hydrogens (tertiary/aromatic N) is 1. The maximum absolute atomic E-state index is 13.2. The van der Waals surface area contributed by atoms with Gasteiger partial charge in [-0.25, -0.2) is 5.06 Å². The lowest BCUT2D eigenvalue weighted by Crippen LogP contribution is -2.59. The van der Waals surface area contributed by atoms with E-state index in [2.05, 4.69) is 81.2 Å². The van der Waals surface area contributed by atoms with Gasteiger partial charge < -0.3 is 32.5 Å². The number of hydrogen-bond donors (Lipinski definition) is 0. The molecule has 2 fully saturated rings. The van der Waals surface area contributed by atoms with E-state index in [1.807, 2.05) is 44.2 Å². The summed E-state index contributed by atoms with van der Waals surface area (Å²) in [6.07, 6.45) is 0.441. The number of ether oxygens (including phenoxy) is 5. The molecule has 1 aromatic rings. The number of carbonyl (C=O) groups excluding carboxylic acids is 1. The Morgan fingerprint density at radius 1 is 0.942 bits per heavy atom. The van der Waals surface area contributed by atoms with Crippen molar-refractivity contribution in [3.05, 3.63) is 42.5 Å². The van der Waals surface area contributed by atoms with Crippen LogP contribution >= 0.6 is 0 Å².